The number of hydrogen-bond acceptors (Lipinski definition) is 3. The van der Waals surface area contributed by atoms with Crippen LogP contribution in [0.1, 0.15) is 18.1 Å². The Balaban J connectivity index is 1.92. The van der Waals surface area contributed by atoms with Crippen LogP contribution in [0, 0.1) is 0 Å². The Bertz CT molecular complexity index is 905. The van der Waals surface area contributed by atoms with Gasteiger partial charge in [-0.1, -0.05) is 41.1 Å². The van der Waals surface area contributed by atoms with Gasteiger partial charge in [-0.15, -0.1) is 0 Å². The van der Waals surface area contributed by atoms with Gasteiger partial charge < -0.3 is 10.6 Å². The number of halogens is 1. The van der Waals surface area contributed by atoms with E-state index in [4.69, 9.17) is 10.7 Å². The number of benzene rings is 2. The van der Waals surface area contributed by atoms with Crippen LogP contribution in [0.25, 0.3) is 10.9 Å². The fraction of sp³-hybridized carbons (Fsp3) is 0.211. The van der Waals surface area contributed by atoms with Crippen molar-refractivity contribution in [2.45, 2.75) is 19.8 Å². The lowest BCUT2D eigenvalue weighted by atomic mass is 10.1. The van der Waals surface area contributed by atoms with Crippen molar-refractivity contribution in [3.05, 3.63) is 58.1 Å². The molecule has 2 heterocycles. The van der Waals surface area contributed by atoms with Gasteiger partial charge in [0.1, 0.15) is 5.82 Å². The Kier molecular flexibility index (Phi) is 3.49. The first-order valence-corrected chi connectivity index (χ1v) is 8.71. The average molecular weight is 368 g/mol. The molecule has 4 heteroatoms. The van der Waals surface area contributed by atoms with Crippen molar-refractivity contribution in [3.8, 4) is 0 Å². The second-order valence-electron chi connectivity index (χ2n) is 5.87. The molecule has 0 fully saturated rings. The monoisotopic (exact) mass is 367 g/mol. The largest absolute Gasteiger partial charge is 0.398 e. The molecule has 3 nitrogen and oxygen atoms in total. The molecule has 0 unspecified atom stereocenters. The van der Waals surface area contributed by atoms with Gasteiger partial charge in [-0.2, -0.15) is 0 Å². The van der Waals surface area contributed by atoms with E-state index >= 15 is 0 Å². The van der Waals surface area contributed by atoms with Gasteiger partial charge in [0.2, 0.25) is 0 Å². The number of nitrogens with two attached hydrogens (primary N) is 1. The Hall–Kier alpha value is -2.07. The number of nitrogen functional groups attached to an aromatic ring is 1. The lowest BCUT2D eigenvalue weighted by molar-refractivity contribution is 0.974. The summed E-state index contributed by atoms with van der Waals surface area (Å²) in [5.41, 5.74) is 12.0. The zero-order chi connectivity index (χ0) is 16.0. The number of nitrogens with zero attached hydrogens (tertiary/aromatic N) is 2. The molecule has 1 aliphatic heterocycles. The maximum atomic E-state index is 6.46. The molecular weight excluding hydrogens is 350 g/mol. The van der Waals surface area contributed by atoms with Crippen molar-refractivity contribution in [1.82, 2.24) is 4.98 Å². The molecule has 0 saturated carbocycles. The van der Waals surface area contributed by atoms with Gasteiger partial charge in [0, 0.05) is 33.3 Å². The Morgan fingerprint density at radius 2 is 2.04 bits per heavy atom. The number of para-hydroxylation sites is 1. The van der Waals surface area contributed by atoms with Crippen LogP contribution in [-0.2, 0) is 12.8 Å². The molecule has 1 aromatic heterocycles. The summed E-state index contributed by atoms with van der Waals surface area (Å²) >= 11 is 3.52. The van der Waals surface area contributed by atoms with Crippen LogP contribution in [-0.4, -0.2) is 11.5 Å². The van der Waals surface area contributed by atoms with E-state index in [1.54, 1.807) is 0 Å². The van der Waals surface area contributed by atoms with Crippen LogP contribution in [0.4, 0.5) is 17.2 Å². The Labute approximate surface area is 144 Å². The van der Waals surface area contributed by atoms with E-state index < -0.39 is 0 Å². The molecule has 4 rings (SSSR count). The smallest absolute Gasteiger partial charge is 0.139 e. The van der Waals surface area contributed by atoms with E-state index in [0.717, 1.165) is 46.3 Å². The fourth-order valence-electron chi connectivity index (χ4n) is 3.39. The van der Waals surface area contributed by atoms with Crippen LogP contribution in [0.3, 0.4) is 0 Å². The summed E-state index contributed by atoms with van der Waals surface area (Å²) in [4.78, 5) is 7.23. The molecule has 0 amide bonds. The summed E-state index contributed by atoms with van der Waals surface area (Å²) < 4.78 is 1.03. The SMILES string of the molecule is CCc1ccccc1N1CCc2c1nc1ccc(Br)cc1c2N. The first-order valence-electron chi connectivity index (χ1n) is 7.92. The number of fused-ring (bicyclic) bond motifs is 2. The second kappa shape index (κ2) is 5.53. The Morgan fingerprint density at radius 3 is 2.87 bits per heavy atom. The summed E-state index contributed by atoms with van der Waals surface area (Å²) in [6.45, 7) is 3.12. The van der Waals surface area contributed by atoms with Crippen molar-refractivity contribution in [3.63, 3.8) is 0 Å². The molecule has 0 radical (unpaired) electrons. The van der Waals surface area contributed by atoms with Gasteiger partial charge in [-0.25, -0.2) is 4.98 Å². The summed E-state index contributed by atoms with van der Waals surface area (Å²) in [7, 11) is 0. The van der Waals surface area contributed by atoms with Gasteiger partial charge in [0.05, 0.1) is 5.52 Å². The molecule has 0 spiro atoms. The third kappa shape index (κ3) is 2.29. The zero-order valence-electron chi connectivity index (χ0n) is 13.0. The lowest BCUT2D eigenvalue weighted by Gasteiger charge is -2.22. The highest BCUT2D eigenvalue weighted by molar-refractivity contribution is 9.10. The third-order valence-electron chi connectivity index (χ3n) is 4.57. The molecule has 2 aromatic carbocycles. The molecule has 2 N–H and O–H groups in total. The molecule has 0 aliphatic carbocycles. The molecular formula is C19H18BrN3. The highest BCUT2D eigenvalue weighted by atomic mass is 79.9. The van der Waals surface area contributed by atoms with Crippen LogP contribution in [0.5, 0.6) is 0 Å². The first-order chi connectivity index (χ1) is 11.2. The molecule has 1 aliphatic rings. The van der Waals surface area contributed by atoms with Crippen molar-refractivity contribution < 1.29 is 0 Å². The van der Waals surface area contributed by atoms with Crippen molar-refractivity contribution in [2.75, 3.05) is 17.2 Å². The number of pyridine rings is 1. The van der Waals surface area contributed by atoms with Crippen LogP contribution < -0.4 is 10.6 Å². The number of aromatic nitrogens is 1. The van der Waals surface area contributed by atoms with Crippen LogP contribution in [0.15, 0.2) is 46.9 Å². The van der Waals surface area contributed by atoms with Gasteiger partial charge >= 0.3 is 0 Å². The Morgan fingerprint density at radius 1 is 1.22 bits per heavy atom. The summed E-state index contributed by atoms with van der Waals surface area (Å²) in [5, 5.41) is 1.03. The van der Waals surface area contributed by atoms with E-state index in [-0.39, 0.29) is 0 Å². The van der Waals surface area contributed by atoms with Crippen LogP contribution >= 0.6 is 15.9 Å². The maximum Gasteiger partial charge on any atom is 0.139 e. The van der Waals surface area contributed by atoms with E-state index in [0.29, 0.717) is 0 Å². The normalized spacial score (nSPS) is 13.6. The van der Waals surface area contributed by atoms with E-state index in [9.17, 15) is 0 Å². The minimum absolute atomic E-state index is 0.864. The second-order valence-corrected chi connectivity index (χ2v) is 6.79. The van der Waals surface area contributed by atoms with Crippen molar-refractivity contribution in [2.24, 2.45) is 0 Å². The number of hydrogen-bond donors (Lipinski definition) is 1. The predicted molar refractivity (Wildman–Crippen MR) is 100 cm³/mol. The van der Waals surface area contributed by atoms with Gasteiger partial charge in [-0.3, -0.25) is 0 Å². The summed E-state index contributed by atoms with van der Waals surface area (Å²) in [5.74, 6) is 1.01. The van der Waals surface area contributed by atoms with Crippen molar-refractivity contribution in [1.29, 1.82) is 0 Å². The van der Waals surface area contributed by atoms with E-state index in [1.807, 2.05) is 12.1 Å². The molecule has 23 heavy (non-hydrogen) atoms. The minimum atomic E-state index is 0.864. The fourth-order valence-corrected chi connectivity index (χ4v) is 3.75. The predicted octanol–water partition coefficient (Wildman–Crippen LogP) is 4.84. The first kappa shape index (κ1) is 14.5. The average Bonchev–Trinajstić information content (AvgIpc) is 2.99. The number of rotatable bonds is 2. The molecule has 116 valence electrons. The topological polar surface area (TPSA) is 42.2 Å². The van der Waals surface area contributed by atoms with E-state index in [2.05, 4.69) is 58.1 Å². The quantitative estimate of drug-likeness (QED) is 0.704. The molecule has 0 atom stereocenters. The van der Waals surface area contributed by atoms with Gasteiger partial charge in [0.15, 0.2) is 0 Å². The summed E-state index contributed by atoms with van der Waals surface area (Å²) in [6.07, 6.45) is 1.95. The highest BCUT2D eigenvalue weighted by Gasteiger charge is 2.26. The van der Waals surface area contributed by atoms with Gasteiger partial charge in [0.25, 0.3) is 0 Å². The number of anilines is 3. The minimum Gasteiger partial charge on any atom is -0.398 e. The highest BCUT2D eigenvalue weighted by Crippen LogP contribution is 2.40. The van der Waals surface area contributed by atoms with Crippen LogP contribution in [0.2, 0.25) is 0 Å². The maximum absolute atomic E-state index is 6.46. The molecule has 3 aromatic rings. The molecule has 0 bridgehead atoms. The third-order valence-corrected chi connectivity index (χ3v) is 5.07. The zero-order valence-corrected chi connectivity index (χ0v) is 14.6. The van der Waals surface area contributed by atoms with E-state index in [1.165, 1.54) is 16.8 Å². The lowest BCUT2D eigenvalue weighted by Crippen LogP contribution is -2.16. The standard InChI is InChI=1S/C19H18BrN3/c1-2-12-5-3-4-6-17(12)23-10-9-14-18(21)15-11-13(20)7-8-16(15)22-19(14)23/h3-8,11H,2,9-10H2,1H3,(H2,21,22). The van der Waals surface area contributed by atoms with Gasteiger partial charge in [-0.05, 0) is 42.7 Å². The number of aryl methyl sites for hydroxylation is 1. The summed E-state index contributed by atoms with van der Waals surface area (Å²) in [6, 6.07) is 14.7. The molecule has 0 saturated heterocycles. The van der Waals surface area contributed by atoms with Crippen molar-refractivity contribution >= 4 is 44.0 Å².